The molecule has 0 radical (unpaired) electrons. The Morgan fingerprint density at radius 1 is 1.16 bits per heavy atom. The van der Waals surface area contributed by atoms with Crippen molar-refractivity contribution in [1.29, 1.82) is 0 Å². The minimum Gasteiger partial charge on any atom is -0.269 e. The van der Waals surface area contributed by atoms with Crippen molar-refractivity contribution in [2.45, 2.75) is 63.8 Å². The summed E-state index contributed by atoms with van der Waals surface area (Å²) >= 11 is 0. The lowest BCUT2D eigenvalue weighted by Gasteiger charge is -2.31. The molecule has 0 amide bonds. The van der Waals surface area contributed by atoms with Crippen LogP contribution in [0.2, 0.25) is 0 Å². The number of hydrogen-bond acceptors (Lipinski definition) is 3. The van der Waals surface area contributed by atoms with Crippen LogP contribution in [-0.4, -0.2) is 24.7 Å². The predicted molar refractivity (Wildman–Crippen MR) is 101 cm³/mol. The first-order valence-electron chi connectivity index (χ1n) is 8.82. The molecule has 0 aliphatic carbocycles. The summed E-state index contributed by atoms with van der Waals surface area (Å²) in [5, 5.41) is 4.61. The molecule has 0 saturated carbocycles. The highest BCUT2D eigenvalue weighted by Gasteiger charge is 2.36. The van der Waals surface area contributed by atoms with Crippen molar-refractivity contribution in [3.05, 3.63) is 41.7 Å². The van der Waals surface area contributed by atoms with Crippen LogP contribution in [0.4, 0.5) is 5.69 Å². The average molecular weight is 362 g/mol. The number of benzene rings is 1. The Bertz CT molecular complexity index is 876. The van der Waals surface area contributed by atoms with E-state index in [4.69, 9.17) is 0 Å². The summed E-state index contributed by atoms with van der Waals surface area (Å²) in [5.74, 6) is 0. The zero-order valence-electron chi connectivity index (χ0n) is 15.7. The number of nitrogens with zero attached hydrogens (tertiary/aromatic N) is 3. The topological polar surface area (TPSA) is 55.2 Å². The summed E-state index contributed by atoms with van der Waals surface area (Å²) in [7, 11) is -3.65. The SMILES string of the molecule is CC(C)n1cc(S(=O)(=O)N2CCCc3ccccc32)c(C(C)(C)C)n1. The average Bonchev–Trinajstić information content (AvgIpc) is 3.01. The van der Waals surface area contributed by atoms with Gasteiger partial charge in [-0.05, 0) is 38.3 Å². The molecule has 0 N–H and O–H groups in total. The molecule has 1 aliphatic heterocycles. The highest BCUT2D eigenvalue weighted by molar-refractivity contribution is 7.92. The predicted octanol–water partition coefficient (Wildman–Crippen LogP) is 3.90. The molecular formula is C19H27N3O2S. The molecular weight excluding hydrogens is 334 g/mol. The van der Waals surface area contributed by atoms with Crippen molar-refractivity contribution >= 4 is 15.7 Å². The summed E-state index contributed by atoms with van der Waals surface area (Å²) < 4.78 is 30.4. The van der Waals surface area contributed by atoms with Crippen LogP contribution in [0.25, 0.3) is 0 Å². The van der Waals surface area contributed by atoms with Crippen molar-refractivity contribution in [3.63, 3.8) is 0 Å². The molecule has 0 atom stereocenters. The van der Waals surface area contributed by atoms with Crippen LogP contribution < -0.4 is 4.31 Å². The van der Waals surface area contributed by atoms with Crippen LogP contribution in [-0.2, 0) is 21.9 Å². The fraction of sp³-hybridized carbons (Fsp3) is 0.526. The van der Waals surface area contributed by atoms with E-state index in [1.54, 1.807) is 15.2 Å². The van der Waals surface area contributed by atoms with Crippen molar-refractivity contribution in [2.75, 3.05) is 10.8 Å². The van der Waals surface area contributed by atoms with Gasteiger partial charge in [-0.25, -0.2) is 8.42 Å². The van der Waals surface area contributed by atoms with E-state index in [-0.39, 0.29) is 11.5 Å². The summed E-state index contributed by atoms with van der Waals surface area (Å²) in [6.45, 7) is 10.5. The van der Waals surface area contributed by atoms with Crippen LogP contribution in [0, 0.1) is 0 Å². The number of hydrogen-bond donors (Lipinski definition) is 0. The van der Waals surface area contributed by atoms with Gasteiger partial charge < -0.3 is 0 Å². The summed E-state index contributed by atoms with van der Waals surface area (Å²) in [4.78, 5) is 0.324. The van der Waals surface area contributed by atoms with Crippen LogP contribution >= 0.6 is 0 Å². The Hall–Kier alpha value is -1.82. The molecule has 0 unspecified atom stereocenters. The van der Waals surface area contributed by atoms with Crippen molar-refractivity contribution in [1.82, 2.24) is 9.78 Å². The Labute approximate surface area is 150 Å². The fourth-order valence-corrected chi connectivity index (χ4v) is 5.09. The van der Waals surface area contributed by atoms with Crippen LogP contribution in [0.3, 0.4) is 0 Å². The number of aryl methyl sites for hydroxylation is 1. The van der Waals surface area contributed by atoms with E-state index in [1.807, 2.05) is 58.9 Å². The van der Waals surface area contributed by atoms with E-state index in [0.717, 1.165) is 24.1 Å². The van der Waals surface area contributed by atoms with Gasteiger partial charge >= 0.3 is 0 Å². The Kier molecular flexibility index (Phi) is 4.43. The molecule has 2 aromatic rings. The third kappa shape index (κ3) is 3.19. The van der Waals surface area contributed by atoms with E-state index in [9.17, 15) is 8.42 Å². The van der Waals surface area contributed by atoms with E-state index in [1.165, 1.54) is 0 Å². The van der Waals surface area contributed by atoms with E-state index >= 15 is 0 Å². The lowest BCUT2D eigenvalue weighted by Crippen LogP contribution is -2.36. The van der Waals surface area contributed by atoms with E-state index < -0.39 is 10.0 Å². The first kappa shape index (κ1) is 18.0. The minimum atomic E-state index is -3.65. The molecule has 0 saturated heterocycles. The van der Waals surface area contributed by atoms with Gasteiger partial charge in [-0.3, -0.25) is 8.99 Å². The number of anilines is 1. The van der Waals surface area contributed by atoms with Gasteiger partial charge in [0.1, 0.15) is 4.90 Å². The number of rotatable bonds is 3. The molecule has 0 fully saturated rings. The number of aromatic nitrogens is 2. The molecule has 1 aromatic heterocycles. The molecule has 6 heteroatoms. The zero-order chi connectivity index (χ0) is 18.4. The maximum atomic E-state index is 13.5. The number of fused-ring (bicyclic) bond motifs is 1. The Morgan fingerprint density at radius 2 is 1.84 bits per heavy atom. The van der Waals surface area contributed by atoms with Gasteiger partial charge in [0.15, 0.2) is 0 Å². The maximum absolute atomic E-state index is 13.5. The van der Waals surface area contributed by atoms with Gasteiger partial charge in [0.25, 0.3) is 10.0 Å². The Morgan fingerprint density at radius 3 is 2.48 bits per heavy atom. The van der Waals surface area contributed by atoms with Gasteiger partial charge in [-0.2, -0.15) is 5.10 Å². The monoisotopic (exact) mass is 361 g/mol. The lowest BCUT2D eigenvalue weighted by atomic mass is 9.92. The minimum absolute atomic E-state index is 0.110. The molecule has 1 aromatic carbocycles. The molecule has 0 spiro atoms. The first-order chi connectivity index (χ1) is 11.6. The van der Waals surface area contributed by atoms with Gasteiger partial charge in [0, 0.05) is 24.2 Å². The number of para-hydroxylation sites is 1. The van der Waals surface area contributed by atoms with Gasteiger partial charge in [0.05, 0.1) is 11.4 Å². The summed E-state index contributed by atoms with van der Waals surface area (Å²) in [6.07, 6.45) is 3.44. The molecule has 5 nitrogen and oxygen atoms in total. The largest absolute Gasteiger partial charge is 0.269 e. The second kappa shape index (κ2) is 6.16. The van der Waals surface area contributed by atoms with E-state index in [0.29, 0.717) is 17.1 Å². The second-order valence-corrected chi connectivity index (χ2v) is 9.81. The molecule has 3 rings (SSSR count). The van der Waals surface area contributed by atoms with Crippen LogP contribution in [0.15, 0.2) is 35.4 Å². The smallest absolute Gasteiger partial charge is 0.267 e. The van der Waals surface area contributed by atoms with Crippen LogP contribution in [0.5, 0.6) is 0 Å². The highest BCUT2D eigenvalue weighted by Crippen LogP contribution is 2.35. The third-order valence-electron chi connectivity index (χ3n) is 4.57. The summed E-state index contributed by atoms with van der Waals surface area (Å²) in [5.41, 5.74) is 2.17. The van der Waals surface area contributed by atoms with Crippen molar-refractivity contribution < 1.29 is 8.42 Å². The highest BCUT2D eigenvalue weighted by atomic mass is 32.2. The van der Waals surface area contributed by atoms with E-state index in [2.05, 4.69) is 5.10 Å². The molecule has 25 heavy (non-hydrogen) atoms. The van der Waals surface area contributed by atoms with Crippen molar-refractivity contribution in [3.8, 4) is 0 Å². The molecule has 136 valence electrons. The second-order valence-electron chi connectivity index (χ2n) is 7.98. The van der Waals surface area contributed by atoms with Gasteiger partial charge in [-0.1, -0.05) is 39.0 Å². The zero-order valence-corrected chi connectivity index (χ0v) is 16.5. The van der Waals surface area contributed by atoms with Gasteiger partial charge in [0.2, 0.25) is 0 Å². The molecule has 1 aliphatic rings. The standard InChI is InChI=1S/C19H27N3O2S/c1-14(2)21-13-17(18(20-21)19(3,4)5)25(23,24)22-12-8-10-15-9-6-7-11-16(15)22/h6-7,9,11,13-14H,8,10,12H2,1-5H3. The first-order valence-corrected chi connectivity index (χ1v) is 10.3. The lowest BCUT2D eigenvalue weighted by molar-refractivity contribution is 0.493. The fourth-order valence-electron chi connectivity index (χ4n) is 3.22. The number of sulfonamides is 1. The normalized spacial score (nSPS) is 15.5. The van der Waals surface area contributed by atoms with Gasteiger partial charge in [-0.15, -0.1) is 0 Å². The van der Waals surface area contributed by atoms with Crippen LogP contribution in [0.1, 0.15) is 58.3 Å². The third-order valence-corrected chi connectivity index (χ3v) is 6.39. The maximum Gasteiger partial charge on any atom is 0.267 e. The molecule has 0 bridgehead atoms. The quantitative estimate of drug-likeness (QED) is 0.833. The van der Waals surface area contributed by atoms with Crippen molar-refractivity contribution in [2.24, 2.45) is 0 Å². The summed E-state index contributed by atoms with van der Waals surface area (Å²) in [6, 6.07) is 7.88. The Balaban J connectivity index is 2.16. The molecule has 2 heterocycles.